The molecule has 0 N–H and O–H groups in total. The Balaban J connectivity index is 0. The van der Waals surface area contributed by atoms with Gasteiger partial charge in [0.05, 0.1) is 20.6 Å². The fraction of sp³-hybridized carbons (Fsp3) is 0.778. The summed E-state index contributed by atoms with van der Waals surface area (Å²) in [7, 11) is 4.75. The SMILES string of the molecule is CCCCCCCCCCCCCCCCCC[N+](C)(C)Cc1ccccc1.[H-].[Li+]. The Morgan fingerprint density at radius 3 is 1.38 bits per heavy atom. The number of hydrogen-bond acceptors (Lipinski definition) is 0. The van der Waals surface area contributed by atoms with Gasteiger partial charge in [-0.3, -0.25) is 0 Å². The van der Waals surface area contributed by atoms with Crippen LogP contribution in [0, 0.1) is 0 Å². The zero-order chi connectivity index (χ0) is 20.3. The molecular weight excluding hydrogens is 345 g/mol. The third-order valence-corrected chi connectivity index (χ3v) is 6.07. The number of benzene rings is 1. The van der Waals surface area contributed by atoms with E-state index in [1.54, 1.807) is 0 Å². The minimum Gasteiger partial charge on any atom is -1.00 e. The van der Waals surface area contributed by atoms with Crippen molar-refractivity contribution in [3.05, 3.63) is 35.9 Å². The average molecular weight is 397 g/mol. The normalized spacial score (nSPS) is 11.4. The van der Waals surface area contributed by atoms with Gasteiger partial charge in [-0.2, -0.15) is 0 Å². The molecule has 1 aromatic carbocycles. The largest absolute Gasteiger partial charge is 1.00 e. The Morgan fingerprint density at radius 1 is 0.586 bits per heavy atom. The molecule has 1 rings (SSSR count). The van der Waals surface area contributed by atoms with E-state index >= 15 is 0 Å². The van der Waals surface area contributed by atoms with E-state index in [2.05, 4.69) is 51.4 Å². The molecule has 164 valence electrons. The first-order valence-electron chi connectivity index (χ1n) is 12.5. The molecule has 0 fully saturated rings. The first-order valence-corrected chi connectivity index (χ1v) is 12.5. The smallest absolute Gasteiger partial charge is 1.00 e. The first kappa shape index (κ1) is 28.8. The van der Waals surface area contributed by atoms with Crippen LogP contribution in [0.1, 0.15) is 117 Å². The van der Waals surface area contributed by atoms with Crippen molar-refractivity contribution in [1.82, 2.24) is 0 Å². The molecule has 0 saturated carbocycles. The fourth-order valence-electron chi connectivity index (χ4n) is 4.24. The minimum atomic E-state index is 0. The Bertz CT molecular complexity index is 449. The van der Waals surface area contributed by atoms with Crippen LogP contribution in [0.3, 0.4) is 0 Å². The fourth-order valence-corrected chi connectivity index (χ4v) is 4.24. The van der Waals surface area contributed by atoms with Crippen LogP contribution in [0.25, 0.3) is 0 Å². The van der Waals surface area contributed by atoms with E-state index in [1.165, 1.54) is 115 Å². The van der Waals surface area contributed by atoms with Crippen molar-refractivity contribution in [2.75, 3.05) is 20.6 Å². The van der Waals surface area contributed by atoms with Gasteiger partial charge in [-0.25, -0.2) is 0 Å². The molecule has 1 nitrogen and oxygen atoms in total. The number of rotatable bonds is 19. The monoisotopic (exact) mass is 396 g/mol. The van der Waals surface area contributed by atoms with Crippen molar-refractivity contribution >= 4 is 0 Å². The Kier molecular flexibility index (Phi) is 19.6. The standard InChI is InChI=1S/C27H50N.Li.H/c1-4-5-6-7-8-9-10-11-12-13-14-15-16-17-18-22-25-28(2,3)26-27-23-20-19-21-24-27;;/h19-21,23-24H,4-18,22,25-26H2,1-3H3;;/q2*+1;-1. The molecule has 0 spiro atoms. The van der Waals surface area contributed by atoms with Crippen molar-refractivity contribution in [2.45, 2.75) is 116 Å². The zero-order valence-electron chi connectivity index (χ0n) is 21.6. The summed E-state index contributed by atoms with van der Waals surface area (Å²) in [6, 6.07) is 10.9. The molecule has 0 aliphatic carbocycles. The molecule has 29 heavy (non-hydrogen) atoms. The maximum absolute atomic E-state index is 2.37. The quantitative estimate of drug-likeness (QED) is 0.161. The van der Waals surface area contributed by atoms with E-state index in [0.717, 1.165) is 11.0 Å². The number of quaternary nitrogens is 1. The van der Waals surface area contributed by atoms with E-state index < -0.39 is 0 Å². The Morgan fingerprint density at radius 2 is 0.966 bits per heavy atom. The second-order valence-corrected chi connectivity index (χ2v) is 9.61. The molecule has 0 aliphatic rings. The molecule has 0 bridgehead atoms. The summed E-state index contributed by atoms with van der Waals surface area (Å²) in [5.74, 6) is 0. The second-order valence-electron chi connectivity index (χ2n) is 9.61. The molecule has 1 aromatic rings. The number of nitrogens with zero attached hydrogens (tertiary/aromatic N) is 1. The van der Waals surface area contributed by atoms with Crippen LogP contribution < -0.4 is 18.9 Å². The number of hydrogen-bond donors (Lipinski definition) is 0. The molecule has 0 radical (unpaired) electrons. The van der Waals surface area contributed by atoms with Crippen LogP contribution in [0.2, 0.25) is 0 Å². The number of unbranched alkanes of at least 4 members (excludes halogenated alkanes) is 15. The van der Waals surface area contributed by atoms with Crippen LogP contribution in [0.15, 0.2) is 30.3 Å². The van der Waals surface area contributed by atoms with Crippen molar-refractivity contribution in [2.24, 2.45) is 0 Å². The second kappa shape index (κ2) is 19.7. The summed E-state index contributed by atoms with van der Waals surface area (Å²) in [5.41, 5.74) is 1.46. The van der Waals surface area contributed by atoms with E-state index in [9.17, 15) is 0 Å². The van der Waals surface area contributed by atoms with E-state index in [0.29, 0.717) is 0 Å². The van der Waals surface area contributed by atoms with Crippen molar-refractivity contribution in [3.8, 4) is 0 Å². The van der Waals surface area contributed by atoms with Crippen LogP contribution in [-0.2, 0) is 6.54 Å². The molecule has 2 heteroatoms. The molecule has 0 aliphatic heterocycles. The Labute approximate surface area is 197 Å². The average Bonchev–Trinajstić information content (AvgIpc) is 2.68. The molecule has 0 unspecified atom stereocenters. The summed E-state index contributed by atoms with van der Waals surface area (Å²) >= 11 is 0. The van der Waals surface area contributed by atoms with Gasteiger partial charge in [0.25, 0.3) is 0 Å². The van der Waals surface area contributed by atoms with Crippen LogP contribution in [0.5, 0.6) is 0 Å². The topological polar surface area (TPSA) is 0 Å². The van der Waals surface area contributed by atoms with E-state index in [4.69, 9.17) is 0 Å². The van der Waals surface area contributed by atoms with Gasteiger partial charge in [0.1, 0.15) is 6.54 Å². The zero-order valence-corrected chi connectivity index (χ0v) is 20.6. The molecule has 0 amide bonds. The molecular formula is C27H51LiN+. The first-order chi connectivity index (χ1) is 13.6. The van der Waals surface area contributed by atoms with Gasteiger partial charge in [0, 0.05) is 5.56 Å². The third-order valence-electron chi connectivity index (χ3n) is 6.07. The van der Waals surface area contributed by atoms with Crippen LogP contribution in [0.4, 0.5) is 0 Å². The Hall–Kier alpha value is -0.223. The molecule has 0 atom stereocenters. The van der Waals surface area contributed by atoms with Gasteiger partial charge in [-0.1, -0.05) is 127 Å². The summed E-state index contributed by atoms with van der Waals surface area (Å²) < 4.78 is 1.11. The third kappa shape index (κ3) is 18.3. The summed E-state index contributed by atoms with van der Waals surface area (Å²) in [6.07, 6.45) is 23.2. The van der Waals surface area contributed by atoms with Crippen molar-refractivity contribution < 1.29 is 24.8 Å². The minimum absolute atomic E-state index is 0. The van der Waals surface area contributed by atoms with Crippen LogP contribution in [-0.4, -0.2) is 25.1 Å². The van der Waals surface area contributed by atoms with Gasteiger partial charge in [0.2, 0.25) is 0 Å². The molecule has 0 saturated heterocycles. The summed E-state index contributed by atoms with van der Waals surface area (Å²) in [4.78, 5) is 0. The van der Waals surface area contributed by atoms with Gasteiger partial charge in [0.15, 0.2) is 0 Å². The van der Waals surface area contributed by atoms with Crippen molar-refractivity contribution in [1.29, 1.82) is 0 Å². The molecule has 0 aromatic heterocycles. The van der Waals surface area contributed by atoms with Gasteiger partial charge in [-0.05, 0) is 12.8 Å². The predicted molar refractivity (Wildman–Crippen MR) is 128 cm³/mol. The predicted octanol–water partition coefficient (Wildman–Crippen LogP) is 5.64. The van der Waals surface area contributed by atoms with Crippen LogP contribution >= 0.6 is 0 Å². The molecule has 0 heterocycles. The van der Waals surface area contributed by atoms with E-state index in [-0.39, 0.29) is 20.3 Å². The van der Waals surface area contributed by atoms with E-state index in [1.807, 2.05) is 0 Å². The maximum atomic E-state index is 2.37. The van der Waals surface area contributed by atoms with Gasteiger partial charge < -0.3 is 5.91 Å². The maximum Gasteiger partial charge on any atom is 1.00 e. The summed E-state index contributed by atoms with van der Waals surface area (Å²) in [6.45, 7) is 4.75. The van der Waals surface area contributed by atoms with Gasteiger partial charge >= 0.3 is 18.9 Å². The summed E-state index contributed by atoms with van der Waals surface area (Å²) in [5, 5.41) is 0. The van der Waals surface area contributed by atoms with Gasteiger partial charge in [-0.15, -0.1) is 0 Å². The van der Waals surface area contributed by atoms with Crippen molar-refractivity contribution in [3.63, 3.8) is 0 Å².